The van der Waals surface area contributed by atoms with Crippen LogP contribution in [0, 0.1) is 0 Å². The number of anilines is 1. The maximum Gasteiger partial charge on any atom is 0.337 e. The van der Waals surface area contributed by atoms with Gasteiger partial charge in [-0.2, -0.15) is 0 Å². The maximum atomic E-state index is 12.1. The Balaban J connectivity index is 1.91. The molecule has 2 rings (SSSR count). The summed E-state index contributed by atoms with van der Waals surface area (Å²) in [5.74, 6) is 0.939. The summed E-state index contributed by atoms with van der Waals surface area (Å²) in [5, 5.41) is 2.78. The summed E-state index contributed by atoms with van der Waals surface area (Å²) >= 11 is 1.39. The number of amides is 1. The van der Waals surface area contributed by atoms with Crippen molar-refractivity contribution in [2.45, 2.75) is 4.90 Å². The number of carbonyl (C=O) groups excluding carboxylic acids is 2. The van der Waals surface area contributed by atoms with Gasteiger partial charge in [0.05, 0.1) is 32.6 Å². The largest absolute Gasteiger partial charge is 0.493 e. The molecule has 0 saturated carbocycles. The number of methoxy groups -OCH3 is 3. The third-order valence-electron chi connectivity index (χ3n) is 3.31. The van der Waals surface area contributed by atoms with E-state index in [9.17, 15) is 9.59 Å². The molecule has 25 heavy (non-hydrogen) atoms. The van der Waals surface area contributed by atoms with Gasteiger partial charge in [0.25, 0.3) is 0 Å². The molecule has 6 nitrogen and oxygen atoms in total. The normalized spacial score (nSPS) is 10.0. The van der Waals surface area contributed by atoms with Crippen molar-refractivity contribution in [1.82, 2.24) is 0 Å². The van der Waals surface area contributed by atoms with Crippen LogP contribution in [0.5, 0.6) is 11.5 Å². The van der Waals surface area contributed by atoms with Crippen LogP contribution in [-0.2, 0) is 9.53 Å². The van der Waals surface area contributed by atoms with E-state index in [0.29, 0.717) is 22.7 Å². The molecule has 0 heterocycles. The van der Waals surface area contributed by atoms with Crippen molar-refractivity contribution >= 4 is 29.3 Å². The zero-order valence-corrected chi connectivity index (χ0v) is 15.0. The van der Waals surface area contributed by atoms with Crippen LogP contribution < -0.4 is 14.8 Å². The highest BCUT2D eigenvalue weighted by Crippen LogP contribution is 2.31. The van der Waals surface area contributed by atoms with Gasteiger partial charge in [-0.25, -0.2) is 4.79 Å². The fourth-order valence-corrected chi connectivity index (χ4v) is 2.78. The van der Waals surface area contributed by atoms with Gasteiger partial charge in [-0.3, -0.25) is 4.79 Å². The monoisotopic (exact) mass is 361 g/mol. The van der Waals surface area contributed by atoms with E-state index in [1.165, 1.54) is 18.9 Å². The van der Waals surface area contributed by atoms with Crippen LogP contribution in [-0.4, -0.2) is 39.0 Å². The molecule has 0 bridgehead atoms. The Morgan fingerprint density at radius 1 is 0.960 bits per heavy atom. The lowest BCUT2D eigenvalue weighted by molar-refractivity contribution is -0.113. The highest BCUT2D eigenvalue weighted by atomic mass is 32.2. The standard InChI is InChI=1S/C18H19NO5S/c1-22-15-9-8-14(10-16(15)23-2)25-11-17(20)19-13-6-4-12(5-7-13)18(21)24-3/h4-10H,11H2,1-3H3,(H,19,20). The lowest BCUT2D eigenvalue weighted by atomic mass is 10.2. The molecular weight excluding hydrogens is 342 g/mol. The summed E-state index contributed by atoms with van der Waals surface area (Å²) in [6.07, 6.45) is 0. The van der Waals surface area contributed by atoms with Crippen LogP contribution in [0.1, 0.15) is 10.4 Å². The molecule has 0 aromatic heterocycles. The van der Waals surface area contributed by atoms with E-state index in [2.05, 4.69) is 10.1 Å². The predicted octanol–water partition coefficient (Wildman–Crippen LogP) is 3.22. The maximum absolute atomic E-state index is 12.1. The molecule has 0 atom stereocenters. The number of hydrogen-bond donors (Lipinski definition) is 1. The number of esters is 1. The molecule has 0 aliphatic heterocycles. The van der Waals surface area contributed by atoms with Crippen molar-refractivity contribution in [3.63, 3.8) is 0 Å². The van der Waals surface area contributed by atoms with Crippen LogP contribution in [0.4, 0.5) is 5.69 Å². The highest BCUT2D eigenvalue weighted by molar-refractivity contribution is 8.00. The van der Waals surface area contributed by atoms with E-state index in [-0.39, 0.29) is 11.7 Å². The van der Waals surface area contributed by atoms with E-state index in [1.807, 2.05) is 12.1 Å². The summed E-state index contributed by atoms with van der Waals surface area (Å²) in [6.45, 7) is 0. The van der Waals surface area contributed by atoms with Gasteiger partial charge < -0.3 is 19.5 Å². The number of benzene rings is 2. The van der Waals surface area contributed by atoms with E-state index in [4.69, 9.17) is 9.47 Å². The fourth-order valence-electron chi connectivity index (χ4n) is 2.06. The van der Waals surface area contributed by atoms with E-state index >= 15 is 0 Å². The van der Waals surface area contributed by atoms with Gasteiger partial charge in [0.1, 0.15) is 0 Å². The van der Waals surface area contributed by atoms with Crippen molar-refractivity contribution in [3.8, 4) is 11.5 Å². The Kier molecular flexibility index (Phi) is 6.71. The molecule has 132 valence electrons. The topological polar surface area (TPSA) is 73.9 Å². The van der Waals surface area contributed by atoms with E-state index in [1.54, 1.807) is 44.6 Å². The summed E-state index contributed by atoms with van der Waals surface area (Å²) < 4.78 is 15.1. The lowest BCUT2D eigenvalue weighted by Crippen LogP contribution is -2.14. The van der Waals surface area contributed by atoms with Gasteiger partial charge in [0.2, 0.25) is 5.91 Å². The minimum Gasteiger partial charge on any atom is -0.493 e. The first kappa shape index (κ1) is 18.7. The molecule has 0 unspecified atom stereocenters. The summed E-state index contributed by atoms with van der Waals surface area (Å²) in [7, 11) is 4.46. The quantitative estimate of drug-likeness (QED) is 0.603. The Morgan fingerprint density at radius 2 is 1.64 bits per heavy atom. The second-order valence-electron chi connectivity index (χ2n) is 4.92. The number of nitrogens with one attached hydrogen (secondary N) is 1. The summed E-state index contributed by atoms with van der Waals surface area (Å²) in [6, 6.07) is 12.0. The molecule has 2 aromatic carbocycles. The molecule has 0 aliphatic rings. The van der Waals surface area contributed by atoms with Gasteiger partial charge in [-0.15, -0.1) is 11.8 Å². The van der Waals surface area contributed by atoms with E-state index < -0.39 is 5.97 Å². The number of rotatable bonds is 7. The smallest absolute Gasteiger partial charge is 0.337 e. The first-order chi connectivity index (χ1) is 12.1. The minimum atomic E-state index is -0.415. The molecule has 1 amide bonds. The average Bonchev–Trinajstić information content (AvgIpc) is 2.66. The second kappa shape index (κ2) is 8.98. The van der Waals surface area contributed by atoms with Gasteiger partial charge >= 0.3 is 5.97 Å². The molecular formula is C18H19NO5S. The zero-order valence-electron chi connectivity index (χ0n) is 14.2. The molecule has 0 aliphatic carbocycles. The molecule has 1 N–H and O–H groups in total. The van der Waals surface area contributed by atoms with Gasteiger partial charge in [-0.05, 0) is 42.5 Å². The fraction of sp³-hybridized carbons (Fsp3) is 0.222. The van der Waals surface area contributed by atoms with Crippen molar-refractivity contribution in [2.75, 3.05) is 32.4 Å². The number of carbonyl (C=O) groups is 2. The Morgan fingerprint density at radius 3 is 2.24 bits per heavy atom. The molecule has 0 radical (unpaired) electrons. The van der Waals surface area contributed by atoms with Crippen LogP contribution >= 0.6 is 11.8 Å². The SMILES string of the molecule is COC(=O)c1ccc(NC(=O)CSc2ccc(OC)c(OC)c2)cc1. The second-order valence-corrected chi connectivity index (χ2v) is 5.97. The number of ether oxygens (including phenoxy) is 3. The lowest BCUT2D eigenvalue weighted by Gasteiger charge is -2.09. The van der Waals surface area contributed by atoms with Gasteiger partial charge in [-0.1, -0.05) is 0 Å². The molecule has 0 saturated heterocycles. The first-order valence-electron chi connectivity index (χ1n) is 7.40. The van der Waals surface area contributed by atoms with Crippen molar-refractivity contribution in [1.29, 1.82) is 0 Å². The zero-order chi connectivity index (χ0) is 18.2. The van der Waals surface area contributed by atoms with Crippen LogP contribution in [0.15, 0.2) is 47.4 Å². The van der Waals surface area contributed by atoms with Crippen LogP contribution in [0.25, 0.3) is 0 Å². The average molecular weight is 361 g/mol. The third kappa shape index (κ3) is 5.15. The summed E-state index contributed by atoms with van der Waals surface area (Å²) in [4.78, 5) is 24.3. The first-order valence-corrected chi connectivity index (χ1v) is 8.39. The van der Waals surface area contributed by atoms with Crippen LogP contribution in [0.2, 0.25) is 0 Å². The molecule has 0 spiro atoms. The Labute approximate surface area is 150 Å². The van der Waals surface area contributed by atoms with Crippen molar-refractivity contribution in [2.24, 2.45) is 0 Å². The Bertz CT molecular complexity index is 746. The minimum absolute atomic E-state index is 0.148. The molecule has 0 fully saturated rings. The number of hydrogen-bond acceptors (Lipinski definition) is 6. The summed E-state index contributed by atoms with van der Waals surface area (Å²) in [5.41, 5.74) is 1.05. The van der Waals surface area contributed by atoms with Crippen LogP contribution in [0.3, 0.4) is 0 Å². The third-order valence-corrected chi connectivity index (χ3v) is 4.31. The van der Waals surface area contributed by atoms with Crippen molar-refractivity contribution < 1.29 is 23.8 Å². The number of thioether (sulfide) groups is 1. The Hall–Kier alpha value is -2.67. The van der Waals surface area contributed by atoms with Gasteiger partial charge in [0, 0.05) is 10.6 Å². The van der Waals surface area contributed by atoms with Crippen molar-refractivity contribution in [3.05, 3.63) is 48.0 Å². The van der Waals surface area contributed by atoms with Gasteiger partial charge in [0.15, 0.2) is 11.5 Å². The molecule has 7 heteroatoms. The molecule has 2 aromatic rings. The predicted molar refractivity (Wildman–Crippen MR) is 96.7 cm³/mol. The highest BCUT2D eigenvalue weighted by Gasteiger charge is 2.09. The van der Waals surface area contributed by atoms with E-state index in [0.717, 1.165) is 4.90 Å².